The Kier molecular flexibility index (Phi) is 2.45. The molecule has 0 atom stereocenters. The van der Waals surface area contributed by atoms with Gasteiger partial charge in [0.1, 0.15) is 17.1 Å². The number of hydrogen-bond acceptors (Lipinski definition) is 4. The fourth-order valence-corrected chi connectivity index (χ4v) is 2.43. The van der Waals surface area contributed by atoms with E-state index in [0.717, 1.165) is 24.2 Å². The second kappa shape index (κ2) is 4.01. The van der Waals surface area contributed by atoms with Crippen molar-refractivity contribution in [3.8, 4) is 11.3 Å². The Morgan fingerprint density at radius 2 is 2.26 bits per heavy atom. The van der Waals surface area contributed by atoms with E-state index in [1.165, 1.54) is 10.2 Å². The van der Waals surface area contributed by atoms with Crippen molar-refractivity contribution in [2.75, 3.05) is 17.6 Å². The lowest BCUT2D eigenvalue weighted by atomic mass is 10.0. The number of nitrogens with one attached hydrogen (secondary N) is 1. The van der Waals surface area contributed by atoms with E-state index in [0.29, 0.717) is 11.5 Å². The van der Waals surface area contributed by atoms with Gasteiger partial charge in [-0.05, 0) is 24.1 Å². The van der Waals surface area contributed by atoms with Gasteiger partial charge in [-0.1, -0.05) is 6.07 Å². The van der Waals surface area contributed by atoms with Crippen LogP contribution in [0, 0.1) is 0 Å². The first-order valence-electron chi connectivity index (χ1n) is 6.07. The van der Waals surface area contributed by atoms with E-state index >= 15 is 0 Å². The zero-order chi connectivity index (χ0) is 13.6. The highest BCUT2D eigenvalue weighted by Gasteiger charge is 2.21. The van der Waals surface area contributed by atoms with Gasteiger partial charge in [0.25, 0.3) is 5.91 Å². The number of nitrogen functional groups attached to an aromatic ring is 1. The fourth-order valence-electron chi connectivity index (χ4n) is 2.43. The number of aryl methyl sites for hydroxylation is 1. The van der Waals surface area contributed by atoms with Crippen LogP contribution in [0.5, 0.6) is 0 Å². The summed E-state index contributed by atoms with van der Waals surface area (Å²) in [5.41, 5.74) is 15.3. The molecule has 2 heterocycles. The summed E-state index contributed by atoms with van der Waals surface area (Å²) in [4.78, 5) is 11.5. The Bertz CT molecular complexity index is 674. The van der Waals surface area contributed by atoms with Gasteiger partial charge in [-0.15, -0.1) is 0 Å². The molecule has 0 aliphatic carbocycles. The molecule has 19 heavy (non-hydrogen) atoms. The molecule has 0 bridgehead atoms. The molecule has 6 heteroatoms. The molecule has 0 spiro atoms. The van der Waals surface area contributed by atoms with E-state index < -0.39 is 5.91 Å². The minimum atomic E-state index is -0.556. The Hall–Kier alpha value is -2.50. The molecule has 3 rings (SSSR count). The molecule has 0 saturated carbocycles. The number of carbonyl (C=O) groups is 1. The quantitative estimate of drug-likeness (QED) is 0.738. The number of amides is 1. The number of rotatable bonds is 2. The van der Waals surface area contributed by atoms with Crippen LogP contribution >= 0.6 is 0 Å². The van der Waals surface area contributed by atoms with Gasteiger partial charge in [-0.3, -0.25) is 9.48 Å². The number of fused-ring (bicyclic) bond motifs is 1. The zero-order valence-electron chi connectivity index (χ0n) is 10.6. The van der Waals surface area contributed by atoms with Crippen molar-refractivity contribution >= 4 is 17.4 Å². The van der Waals surface area contributed by atoms with Crippen LogP contribution in [0.2, 0.25) is 0 Å². The monoisotopic (exact) mass is 257 g/mol. The molecular formula is C13H15N5O. The number of benzene rings is 1. The van der Waals surface area contributed by atoms with E-state index in [4.69, 9.17) is 11.5 Å². The summed E-state index contributed by atoms with van der Waals surface area (Å²) in [7, 11) is 1.69. The predicted molar refractivity (Wildman–Crippen MR) is 73.8 cm³/mol. The lowest BCUT2D eigenvalue weighted by Gasteiger charge is -2.03. The second-order valence-corrected chi connectivity index (χ2v) is 4.65. The van der Waals surface area contributed by atoms with Crippen LogP contribution in [0.3, 0.4) is 0 Å². The van der Waals surface area contributed by atoms with Crippen LogP contribution in [-0.4, -0.2) is 22.2 Å². The summed E-state index contributed by atoms with van der Waals surface area (Å²) in [6.07, 6.45) is 0.970. The molecule has 1 aliphatic heterocycles. The maximum atomic E-state index is 11.5. The Labute approximate surface area is 110 Å². The summed E-state index contributed by atoms with van der Waals surface area (Å²) in [5, 5.41) is 7.59. The molecule has 6 nitrogen and oxygen atoms in total. The molecule has 1 amide bonds. The van der Waals surface area contributed by atoms with Gasteiger partial charge in [0.2, 0.25) is 0 Å². The third kappa shape index (κ3) is 1.72. The molecule has 98 valence electrons. The number of hydrogen-bond donors (Lipinski definition) is 3. The maximum absolute atomic E-state index is 11.5. The molecule has 0 radical (unpaired) electrons. The first-order valence-corrected chi connectivity index (χ1v) is 6.07. The van der Waals surface area contributed by atoms with Gasteiger partial charge in [-0.25, -0.2) is 0 Å². The van der Waals surface area contributed by atoms with E-state index in [1.54, 1.807) is 7.05 Å². The molecule has 5 N–H and O–H groups in total. The predicted octanol–water partition coefficient (Wildman–Crippen LogP) is 0.736. The van der Waals surface area contributed by atoms with Gasteiger partial charge < -0.3 is 16.8 Å². The number of primary amides is 1. The molecular weight excluding hydrogens is 242 g/mol. The lowest BCUT2D eigenvalue weighted by Crippen LogP contribution is -2.14. The minimum absolute atomic E-state index is 0.286. The number of carbonyl (C=O) groups excluding carboxylic acids is 1. The molecule has 1 aromatic heterocycles. The van der Waals surface area contributed by atoms with Crippen molar-refractivity contribution in [2.24, 2.45) is 12.8 Å². The highest BCUT2D eigenvalue weighted by Crippen LogP contribution is 2.31. The number of nitrogens with two attached hydrogens (primary N) is 2. The Morgan fingerprint density at radius 3 is 3.00 bits per heavy atom. The standard InChI is InChI=1S/C13H15N5O/c1-18-12(14)10(13(15)19)11(17-18)8-2-3-9-7(6-8)4-5-16-9/h2-3,6,16H,4-5,14H2,1H3,(H2,15,19). The van der Waals surface area contributed by atoms with E-state index in [2.05, 4.69) is 10.4 Å². The van der Waals surface area contributed by atoms with Crippen LogP contribution in [0.25, 0.3) is 11.3 Å². The van der Waals surface area contributed by atoms with Crippen molar-refractivity contribution in [3.63, 3.8) is 0 Å². The fraction of sp³-hybridized carbons (Fsp3) is 0.231. The van der Waals surface area contributed by atoms with Crippen LogP contribution < -0.4 is 16.8 Å². The Balaban J connectivity index is 2.17. The third-order valence-corrected chi connectivity index (χ3v) is 3.43. The summed E-state index contributed by atoms with van der Waals surface area (Å²) in [6, 6.07) is 5.95. The van der Waals surface area contributed by atoms with Gasteiger partial charge >= 0.3 is 0 Å². The van der Waals surface area contributed by atoms with Gasteiger partial charge in [-0.2, -0.15) is 5.10 Å². The SMILES string of the molecule is Cn1nc(-c2ccc3c(c2)CCN3)c(C(N)=O)c1N. The number of anilines is 2. The first-order chi connectivity index (χ1) is 9.08. The van der Waals surface area contributed by atoms with E-state index in [-0.39, 0.29) is 5.56 Å². The number of aromatic nitrogens is 2. The molecule has 1 aliphatic rings. The van der Waals surface area contributed by atoms with Crippen molar-refractivity contribution in [1.82, 2.24) is 9.78 Å². The summed E-state index contributed by atoms with van der Waals surface area (Å²) >= 11 is 0. The average Bonchev–Trinajstić information content (AvgIpc) is 2.94. The van der Waals surface area contributed by atoms with E-state index in [9.17, 15) is 4.79 Å². The summed E-state index contributed by atoms with van der Waals surface area (Å²) in [6.45, 7) is 0.936. The van der Waals surface area contributed by atoms with Crippen molar-refractivity contribution in [3.05, 3.63) is 29.3 Å². The highest BCUT2D eigenvalue weighted by molar-refractivity contribution is 6.03. The second-order valence-electron chi connectivity index (χ2n) is 4.65. The van der Waals surface area contributed by atoms with Crippen molar-refractivity contribution in [2.45, 2.75) is 6.42 Å². The van der Waals surface area contributed by atoms with Gasteiger partial charge in [0, 0.05) is 24.8 Å². The minimum Gasteiger partial charge on any atom is -0.384 e. The smallest absolute Gasteiger partial charge is 0.254 e. The summed E-state index contributed by atoms with van der Waals surface area (Å²) < 4.78 is 1.47. The van der Waals surface area contributed by atoms with Gasteiger partial charge in [0.15, 0.2) is 0 Å². The maximum Gasteiger partial charge on any atom is 0.254 e. The topological polar surface area (TPSA) is 99.0 Å². The molecule has 0 saturated heterocycles. The van der Waals surface area contributed by atoms with Gasteiger partial charge in [0.05, 0.1) is 0 Å². The summed E-state index contributed by atoms with van der Waals surface area (Å²) in [5.74, 6) is -0.264. The first kappa shape index (κ1) is 11.6. The normalized spacial score (nSPS) is 13.1. The third-order valence-electron chi connectivity index (χ3n) is 3.43. The number of nitrogens with zero attached hydrogens (tertiary/aromatic N) is 2. The molecule has 0 fully saturated rings. The van der Waals surface area contributed by atoms with E-state index in [1.807, 2.05) is 18.2 Å². The zero-order valence-corrected chi connectivity index (χ0v) is 10.6. The van der Waals surface area contributed by atoms with Crippen LogP contribution in [-0.2, 0) is 13.5 Å². The van der Waals surface area contributed by atoms with Crippen LogP contribution in [0.4, 0.5) is 11.5 Å². The largest absolute Gasteiger partial charge is 0.384 e. The van der Waals surface area contributed by atoms with Crippen molar-refractivity contribution in [1.29, 1.82) is 0 Å². The highest BCUT2D eigenvalue weighted by atomic mass is 16.1. The average molecular weight is 257 g/mol. The van der Waals surface area contributed by atoms with Crippen LogP contribution in [0.1, 0.15) is 15.9 Å². The Morgan fingerprint density at radius 1 is 1.47 bits per heavy atom. The van der Waals surface area contributed by atoms with Crippen LogP contribution in [0.15, 0.2) is 18.2 Å². The molecule has 0 unspecified atom stereocenters. The molecule has 1 aromatic carbocycles. The molecule has 2 aromatic rings. The lowest BCUT2D eigenvalue weighted by molar-refractivity contribution is 0.100. The van der Waals surface area contributed by atoms with Crippen molar-refractivity contribution < 1.29 is 4.79 Å².